The highest BCUT2D eigenvalue weighted by Crippen LogP contribution is 2.25. The van der Waals surface area contributed by atoms with Crippen molar-refractivity contribution in [2.45, 2.75) is 13.1 Å². The van der Waals surface area contributed by atoms with E-state index in [1.165, 1.54) is 24.0 Å². The number of carbonyl (C=O) groups excluding carboxylic acids is 1. The minimum absolute atomic E-state index is 0.302. The summed E-state index contributed by atoms with van der Waals surface area (Å²) in [5.74, 6) is -0.302. The van der Waals surface area contributed by atoms with E-state index in [9.17, 15) is 13.6 Å². The van der Waals surface area contributed by atoms with E-state index in [0.717, 1.165) is 32.8 Å². The summed E-state index contributed by atoms with van der Waals surface area (Å²) in [6, 6.07) is 9.42. The van der Waals surface area contributed by atoms with Gasteiger partial charge in [0.1, 0.15) is 0 Å². The summed E-state index contributed by atoms with van der Waals surface area (Å²) in [5.41, 5.74) is 3.66. The van der Waals surface area contributed by atoms with Gasteiger partial charge in [-0.2, -0.15) is 13.9 Å². The molecule has 1 amide bonds. The normalized spacial score (nSPS) is 14.8. The Bertz CT molecular complexity index is 1080. The van der Waals surface area contributed by atoms with Gasteiger partial charge in [-0.15, -0.1) is 0 Å². The van der Waals surface area contributed by atoms with E-state index in [0.29, 0.717) is 27.1 Å². The van der Waals surface area contributed by atoms with Crippen molar-refractivity contribution in [2.75, 3.05) is 31.6 Å². The number of benzene rings is 1. The number of morpholine rings is 1. The number of alkyl halides is 2. The maximum atomic E-state index is 12.8. The average Bonchev–Trinajstić information content (AvgIpc) is 3.31. The van der Waals surface area contributed by atoms with Crippen LogP contribution in [0.5, 0.6) is 0 Å². The van der Waals surface area contributed by atoms with Crippen molar-refractivity contribution < 1.29 is 18.3 Å². The molecule has 1 saturated heterocycles. The molecule has 1 N–H and O–H groups in total. The van der Waals surface area contributed by atoms with Crippen molar-refractivity contribution in [2.24, 2.45) is 0 Å². The summed E-state index contributed by atoms with van der Waals surface area (Å²) in [6.45, 7) is 1.49. The molecule has 1 aliphatic rings. The van der Waals surface area contributed by atoms with Crippen LogP contribution in [-0.2, 0) is 16.1 Å². The fourth-order valence-electron chi connectivity index (χ4n) is 3.45. The molecule has 1 fully saturated rings. The Hall–Kier alpha value is -3.43. The number of ether oxygens (including phenoxy) is 1. The molecule has 32 heavy (non-hydrogen) atoms. The average molecular weight is 439 g/mol. The zero-order chi connectivity index (χ0) is 22.3. The molecule has 3 aromatic rings. The lowest BCUT2D eigenvalue weighted by Gasteiger charge is -2.26. The van der Waals surface area contributed by atoms with E-state index in [1.54, 1.807) is 24.5 Å². The SMILES string of the molecule is O=C(C=Cc1cnccc1-c1cnn(C(F)F)c1)Nc1ccc(CN2CCOCC2)cc1. The van der Waals surface area contributed by atoms with Gasteiger partial charge >= 0.3 is 6.55 Å². The Morgan fingerprint density at radius 3 is 2.66 bits per heavy atom. The molecular formula is C23H23F2N5O2. The molecule has 0 atom stereocenters. The van der Waals surface area contributed by atoms with Crippen LogP contribution in [0.3, 0.4) is 0 Å². The number of hydrogen-bond acceptors (Lipinski definition) is 5. The van der Waals surface area contributed by atoms with E-state index >= 15 is 0 Å². The minimum Gasteiger partial charge on any atom is -0.379 e. The van der Waals surface area contributed by atoms with Crippen LogP contribution in [0.1, 0.15) is 17.7 Å². The summed E-state index contributed by atoms with van der Waals surface area (Å²) in [4.78, 5) is 18.8. The fourth-order valence-corrected chi connectivity index (χ4v) is 3.45. The molecule has 9 heteroatoms. The maximum absolute atomic E-state index is 12.8. The second kappa shape index (κ2) is 10.3. The number of halogens is 2. The van der Waals surface area contributed by atoms with Crippen molar-refractivity contribution in [1.29, 1.82) is 0 Å². The van der Waals surface area contributed by atoms with Gasteiger partial charge < -0.3 is 10.1 Å². The van der Waals surface area contributed by atoms with Crippen LogP contribution in [0.2, 0.25) is 0 Å². The molecule has 2 aromatic heterocycles. The van der Waals surface area contributed by atoms with Crippen molar-refractivity contribution in [3.05, 3.63) is 72.3 Å². The Morgan fingerprint density at radius 2 is 1.94 bits per heavy atom. The van der Waals surface area contributed by atoms with Gasteiger partial charge in [-0.05, 0) is 35.4 Å². The van der Waals surface area contributed by atoms with Crippen LogP contribution in [0.4, 0.5) is 14.5 Å². The highest BCUT2D eigenvalue weighted by atomic mass is 19.3. The van der Waals surface area contributed by atoms with E-state index in [1.807, 2.05) is 24.3 Å². The van der Waals surface area contributed by atoms with Crippen molar-refractivity contribution in [1.82, 2.24) is 19.7 Å². The fraction of sp³-hybridized carbons (Fsp3) is 0.261. The van der Waals surface area contributed by atoms with E-state index in [2.05, 4.69) is 20.3 Å². The molecule has 7 nitrogen and oxygen atoms in total. The molecule has 166 valence electrons. The lowest BCUT2D eigenvalue weighted by molar-refractivity contribution is -0.111. The summed E-state index contributed by atoms with van der Waals surface area (Å²) in [6.07, 6.45) is 8.74. The quantitative estimate of drug-likeness (QED) is 0.567. The zero-order valence-electron chi connectivity index (χ0n) is 17.3. The molecule has 0 radical (unpaired) electrons. The third kappa shape index (κ3) is 5.63. The first-order valence-corrected chi connectivity index (χ1v) is 10.2. The highest BCUT2D eigenvalue weighted by molar-refractivity contribution is 6.02. The Morgan fingerprint density at radius 1 is 1.16 bits per heavy atom. The molecule has 1 aromatic carbocycles. The van der Waals surface area contributed by atoms with Gasteiger partial charge in [-0.25, -0.2) is 4.68 Å². The van der Waals surface area contributed by atoms with Crippen molar-refractivity contribution in [3.63, 3.8) is 0 Å². The summed E-state index contributed by atoms with van der Waals surface area (Å²) in [5, 5.41) is 6.49. The van der Waals surface area contributed by atoms with Gasteiger partial charge in [0, 0.05) is 61.1 Å². The van der Waals surface area contributed by atoms with Crippen LogP contribution < -0.4 is 5.32 Å². The van der Waals surface area contributed by atoms with Gasteiger partial charge in [0.05, 0.1) is 19.4 Å². The number of hydrogen-bond donors (Lipinski definition) is 1. The standard InChI is InChI=1S/C23H23F2N5O2/c24-23(25)30-16-19(14-27-30)21-7-8-26-13-18(21)3-6-22(31)28-20-4-1-17(2-5-20)15-29-9-11-32-12-10-29/h1-8,13-14,16,23H,9-12,15H2,(H,28,31). The van der Waals surface area contributed by atoms with Crippen LogP contribution >= 0.6 is 0 Å². The van der Waals surface area contributed by atoms with Gasteiger partial charge in [0.15, 0.2) is 0 Å². The molecule has 0 unspecified atom stereocenters. The molecule has 4 rings (SSSR count). The number of anilines is 1. The first-order chi connectivity index (χ1) is 15.6. The predicted molar refractivity (Wildman–Crippen MR) is 117 cm³/mol. The molecule has 0 bridgehead atoms. The van der Waals surface area contributed by atoms with Gasteiger partial charge in [-0.3, -0.25) is 14.7 Å². The van der Waals surface area contributed by atoms with Crippen LogP contribution in [0.15, 0.2) is 61.2 Å². The molecule has 0 saturated carbocycles. The van der Waals surface area contributed by atoms with E-state index in [4.69, 9.17) is 4.74 Å². The van der Waals surface area contributed by atoms with E-state index < -0.39 is 6.55 Å². The highest BCUT2D eigenvalue weighted by Gasteiger charge is 2.12. The van der Waals surface area contributed by atoms with Gasteiger partial charge in [-0.1, -0.05) is 12.1 Å². The Balaban J connectivity index is 1.38. The number of nitrogens with zero attached hydrogens (tertiary/aromatic N) is 4. The first-order valence-electron chi connectivity index (χ1n) is 10.2. The second-order valence-electron chi connectivity index (χ2n) is 7.36. The monoisotopic (exact) mass is 439 g/mol. The first kappa shape index (κ1) is 21.8. The molecular weight excluding hydrogens is 416 g/mol. The van der Waals surface area contributed by atoms with Crippen molar-refractivity contribution >= 4 is 17.7 Å². The Labute approximate surface area is 184 Å². The molecule has 0 aliphatic carbocycles. The number of aromatic nitrogens is 3. The number of nitrogens with one attached hydrogen (secondary N) is 1. The van der Waals surface area contributed by atoms with Crippen LogP contribution in [0.25, 0.3) is 17.2 Å². The second-order valence-corrected chi connectivity index (χ2v) is 7.36. The van der Waals surface area contributed by atoms with E-state index in [-0.39, 0.29) is 5.91 Å². The smallest absolute Gasteiger partial charge is 0.333 e. The van der Waals surface area contributed by atoms with Crippen molar-refractivity contribution in [3.8, 4) is 11.1 Å². The predicted octanol–water partition coefficient (Wildman–Crippen LogP) is 3.82. The molecule has 3 heterocycles. The van der Waals surface area contributed by atoms with Gasteiger partial charge in [0.2, 0.25) is 5.91 Å². The summed E-state index contributed by atoms with van der Waals surface area (Å²) < 4.78 is 31.6. The Kier molecular flexibility index (Phi) is 6.98. The third-order valence-corrected chi connectivity index (χ3v) is 5.11. The zero-order valence-corrected chi connectivity index (χ0v) is 17.3. The summed E-state index contributed by atoms with van der Waals surface area (Å²) >= 11 is 0. The topological polar surface area (TPSA) is 72.3 Å². The van der Waals surface area contributed by atoms with Gasteiger partial charge in [0.25, 0.3) is 0 Å². The number of rotatable bonds is 7. The largest absolute Gasteiger partial charge is 0.379 e. The minimum atomic E-state index is -2.71. The van der Waals surface area contributed by atoms with Crippen LogP contribution in [-0.4, -0.2) is 51.9 Å². The number of carbonyl (C=O) groups is 1. The number of amides is 1. The number of pyridine rings is 1. The van der Waals surface area contributed by atoms with Crippen LogP contribution in [0, 0.1) is 0 Å². The maximum Gasteiger partial charge on any atom is 0.333 e. The molecule has 0 spiro atoms. The third-order valence-electron chi connectivity index (χ3n) is 5.11. The summed E-state index contributed by atoms with van der Waals surface area (Å²) in [7, 11) is 0. The lowest BCUT2D eigenvalue weighted by atomic mass is 10.0. The lowest BCUT2D eigenvalue weighted by Crippen LogP contribution is -2.35. The molecule has 1 aliphatic heterocycles.